The summed E-state index contributed by atoms with van der Waals surface area (Å²) < 4.78 is 0. The van der Waals surface area contributed by atoms with Gasteiger partial charge in [0.15, 0.2) is 0 Å². The first-order valence-electron chi connectivity index (χ1n) is 9.58. The average Bonchev–Trinajstić information content (AvgIpc) is 3.10. The molecular formula is C24H21ClN2O2. The molecule has 1 aliphatic heterocycles. The van der Waals surface area contributed by atoms with Gasteiger partial charge in [0, 0.05) is 23.7 Å². The second kappa shape index (κ2) is 8.50. The Morgan fingerprint density at radius 1 is 0.897 bits per heavy atom. The molecule has 0 radical (unpaired) electrons. The lowest BCUT2D eigenvalue weighted by molar-refractivity contribution is -0.122. The van der Waals surface area contributed by atoms with Gasteiger partial charge in [-0.15, -0.1) is 0 Å². The summed E-state index contributed by atoms with van der Waals surface area (Å²) in [6, 6.07) is 26.3. The zero-order valence-corrected chi connectivity index (χ0v) is 16.5. The molecule has 4 nitrogen and oxygen atoms in total. The van der Waals surface area contributed by atoms with Crippen LogP contribution in [0.3, 0.4) is 0 Å². The van der Waals surface area contributed by atoms with Crippen molar-refractivity contribution in [1.29, 1.82) is 0 Å². The third-order valence-corrected chi connectivity index (χ3v) is 5.39. The van der Waals surface area contributed by atoms with Gasteiger partial charge >= 0.3 is 0 Å². The molecule has 0 saturated carbocycles. The molecule has 3 aromatic carbocycles. The number of halogens is 1. The van der Waals surface area contributed by atoms with Crippen molar-refractivity contribution >= 4 is 29.1 Å². The summed E-state index contributed by atoms with van der Waals surface area (Å²) in [6.45, 7) is 0.447. The fraction of sp³-hybridized carbons (Fsp3) is 0.167. The van der Waals surface area contributed by atoms with Crippen LogP contribution in [-0.2, 0) is 9.59 Å². The van der Waals surface area contributed by atoms with E-state index in [9.17, 15) is 9.59 Å². The molecule has 0 spiro atoms. The highest BCUT2D eigenvalue weighted by Crippen LogP contribution is 2.27. The fourth-order valence-corrected chi connectivity index (χ4v) is 3.87. The minimum Gasteiger partial charge on any atom is -0.350 e. The average molecular weight is 405 g/mol. The van der Waals surface area contributed by atoms with E-state index in [2.05, 4.69) is 5.32 Å². The van der Waals surface area contributed by atoms with Gasteiger partial charge in [-0.3, -0.25) is 9.59 Å². The van der Waals surface area contributed by atoms with Crippen LogP contribution in [0.15, 0.2) is 84.9 Å². The quantitative estimate of drug-likeness (QED) is 0.685. The molecule has 1 N–H and O–H groups in total. The molecule has 1 atom stereocenters. The van der Waals surface area contributed by atoms with E-state index in [1.807, 2.05) is 72.8 Å². The molecule has 29 heavy (non-hydrogen) atoms. The highest BCUT2D eigenvalue weighted by atomic mass is 35.5. The molecule has 3 aromatic rings. The predicted octanol–water partition coefficient (Wildman–Crippen LogP) is 4.39. The first kappa shape index (κ1) is 19.2. The first-order valence-corrected chi connectivity index (χ1v) is 9.96. The first-order chi connectivity index (χ1) is 14.1. The summed E-state index contributed by atoms with van der Waals surface area (Å²) in [4.78, 5) is 27.4. The molecule has 1 fully saturated rings. The van der Waals surface area contributed by atoms with Crippen molar-refractivity contribution in [3.8, 4) is 0 Å². The highest BCUT2D eigenvalue weighted by Gasteiger charge is 2.33. The number of rotatable bonds is 5. The summed E-state index contributed by atoms with van der Waals surface area (Å²) >= 11 is 5.94. The Kier molecular flexibility index (Phi) is 5.63. The Labute approximate surface area is 175 Å². The maximum atomic E-state index is 13.2. The SMILES string of the molecule is O=C(N[C@H]1CC(=O)N(c2ccc(Cl)cc2)C1)C(c1ccccc1)c1ccccc1. The van der Waals surface area contributed by atoms with Crippen LogP contribution in [0, 0.1) is 0 Å². The van der Waals surface area contributed by atoms with Crippen molar-refractivity contribution < 1.29 is 9.59 Å². The molecule has 0 aliphatic carbocycles. The Hall–Kier alpha value is -3.11. The Morgan fingerprint density at radius 2 is 1.45 bits per heavy atom. The molecule has 0 unspecified atom stereocenters. The molecule has 1 saturated heterocycles. The molecular weight excluding hydrogens is 384 g/mol. The third kappa shape index (κ3) is 4.33. The van der Waals surface area contributed by atoms with Crippen molar-refractivity contribution in [3.63, 3.8) is 0 Å². The van der Waals surface area contributed by atoms with Crippen LogP contribution in [-0.4, -0.2) is 24.4 Å². The van der Waals surface area contributed by atoms with Crippen LogP contribution in [0.1, 0.15) is 23.5 Å². The summed E-state index contributed by atoms with van der Waals surface area (Å²) in [7, 11) is 0. The predicted molar refractivity (Wildman–Crippen MR) is 115 cm³/mol. The van der Waals surface area contributed by atoms with Crippen molar-refractivity contribution in [2.75, 3.05) is 11.4 Å². The Morgan fingerprint density at radius 3 is 2.00 bits per heavy atom. The van der Waals surface area contributed by atoms with Gasteiger partial charge in [-0.25, -0.2) is 0 Å². The summed E-state index contributed by atoms with van der Waals surface area (Å²) in [5.41, 5.74) is 2.64. The van der Waals surface area contributed by atoms with Crippen molar-refractivity contribution in [2.45, 2.75) is 18.4 Å². The molecule has 0 bridgehead atoms. The van der Waals surface area contributed by atoms with E-state index in [0.717, 1.165) is 16.8 Å². The highest BCUT2D eigenvalue weighted by molar-refractivity contribution is 6.30. The molecule has 1 heterocycles. The van der Waals surface area contributed by atoms with Crippen LogP contribution in [0.2, 0.25) is 5.02 Å². The Bertz CT molecular complexity index is 951. The number of hydrogen-bond donors (Lipinski definition) is 1. The van der Waals surface area contributed by atoms with Crippen molar-refractivity contribution in [3.05, 3.63) is 101 Å². The van der Waals surface area contributed by atoms with E-state index in [0.29, 0.717) is 11.6 Å². The molecule has 4 rings (SSSR count). The van der Waals surface area contributed by atoms with E-state index >= 15 is 0 Å². The summed E-state index contributed by atoms with van der Waals surface area (Å²) in [5, 5.41) is 3.71. The Balaban J connectivity index is 1.52. The number of anilines is 1. The number of carbonyl (C=O) groups is 2. The lowest BCUT2D eigenvalue weighted by Crippen LogP contribution is -2.40. The van der Waals surface area contributed by atoms with Gasteiger partial charge in [0.2, 0.25) is 11.8 Å². The lowest BCUT2D eigenvalue weighted by Gasteiger charge is -2.21. The smallest absolute Gasteiger partial charge is 0.232 e. The number of nitrogens with zero attached hydrogens (tertiary/aromatic N) is 1. The zero-order chi connectivity index (χ0) is 20.2. The van der Waals surface area contributed by atoms with E-state index in [1.54, 1.807) is 17.0 Å². The maximum absolute atomic E-state index is 13.2. The van der Waals surface area contributed by atoms with Crippen LogP contribution in [0.25, 0.3) is 0 Å². The topological polar surface area (TPSA) is 49.4 Å². The number of hydrogen-bond acceptors (Lipinski definition) is 2. The van der Waals surface area contributed by atoms with Gasteiger partial charge in [0.05, 0.1) is 12.0 Å². The van der Waals surface area contributed by atoms with Gasteiger partial charge < -0.3 is 10.2 Å². The van der Waals surface area contributed by atoms with E-state index < -0.39 is 5.92 Å². The minimum absolute atomic E-state index is 0.00593. The van der Waals surface area contributed by atoms with Crippen LogP contribution in [0.5, 0.6) is 0 Å². The summed E-state index contributed by atoms with van der Waals surface area (Å²) in [6.07, 6.45) is 0.282. The van der Waals surface area contributed by atoms with E-state index in [-0.39, 0.29) is 24.3 Å². The lowest BCUT2D eigenvalue weighted by atomic mass is 9.90. The maximum Gasteiger partial charge on any atom is 0.232 e. The van der Waals surface area contributed by atoms with Gasteiger partial charge in [0.1, 0.15) is 0 Å². The zero-order valence-electron chi connectivity index (χ0n) is 15.8. The number of amides is 2. The van der Waals surface area contributed by atoms with Crippen LogP contribution in [0.4, 0.5) is 5.69 Å². The minimum atomic E-state index is -0.419. The normalized spacial score (nSPS) is 16.3. The van der Waals surface area contributed by atoms with E-state index in [1.165, 1.54) is 0 Å². The second-order valence-corrected chi connectivity index (χ2v) is 7.58. The van der Waals surface area contributed by atoms with Crippen LogP contribution >= 0.6 is 11.6 Å². The third-order valence-electron chi connectivity index (χ3n) is 5.14. The van der Waals surface area contributed by atoms with Gasteiger partial charge in [-0.05, 0) is 35.4 Å². The second-order valence-electron chi connectivity index (χ2n) is 7.14. The summed E-state index contributed by atoms with van der Waals surface area (Å²) in [5.74, 6) is -0.524. The molecule has 2 amide bonds. The van der Waals surface area contributed by atoms with Crippen LogP contribution < -0.4 is 10.2 Å². The number of nitrogens with one attached hydrogen (secondary N) is 1. The van der Waals surface area contributed by atoms with Gasteiger partial charge in [-0.1, -0.05) is 72.3 Å². The van der Waals surface area contributed by atoms with Gasteiger partial charge in [-0.2, -0.15) is 0 Å². The van der Waals surface area contributed by atoms with Gasteiger partial charge in [0.25, 0.3) is 0 Å². The number of benzene rings is 3. The standard InChI is InChI=1S/C24H21ClN2O2/c25-19-11-13-21(14-12-19)27-16-20(15-22(27)28)26-24(29)23(17-7-3-1-4-8-17)18-9-5-2-6-10-18/h1-14,20,23H,15-16H2,(H,26,29)/t20-/m0/s1. The molecule has 1 aliphatic rings. The molecule has 0 aromatic heterocycles. The molecule has 146 valence electrons. The number of carbonyl (C=O) groups excluding carboxylic acids is 2. The van der Waals surface area contributed by atoms with E-state index in [4.69, 9.17) is 11.6 Å². The fourth-order valence-electron chi connectivity index (χ4n) is 3.75. The molecule has 5 heteroatoms. The van der Waals surface area contributed by atoms with Crippen molar-refractivity contribution in [1.82, 2.24) is 5.32 Å². The largest absolute Gasteiger partial charge is 0.350 e. The van der Waals surface area contributed by atoms with Crippen molar-refractivity contribution in [2.24, 2.45) is 0 Å². The monoisotopic (exact) mass is 404 g/mol.